The number of nitrogens with one attached hydrogen (secondary N) is 2. The molecule has 1 fully saturated rings. The van der Waals surface area contributed by atoms with Crippen molar-refractivity contribution >= 4 is 23.2 Å². The number of ketones is 1. The topological polar surface area (TPSA) is 138 Å². The minimum Gasteiger partial charge on any atom is -0.370 e. The van der Waals surface area contributed by atoms with E-state index in [9.17, 15) is 14.4 Å². The number of carbonyl (C=O) groups excluding carboxylic acids is 1. The molecule has 0 radical (unpaired) electrons. The van der Waals surface area contributed by atoms with Crippen LogP contribution in [0.25, 0.3) is 5.82 Å². The van der Waals surface area contributed by atoms with Gasteiger partial charge in [0.25, 0.3) is 0 Å². The summed E-state index contributed by atoms with van der Waals surface area (Å²) >= 11 is 0. The number of carbonyl (C=O) groups is 1. The van der Waals surface area contributed by atoms with Crippen molar-refractivity contribution in [1.82, 2.24) is 29.9 Å². The molecule has 0 aliphatic carbocycles. The summed E-state index contributed by atoms with van der Waals surface area (Å²) in [4.78, 5) is 24.5. The Kier molecular flexibility index (Phi) is 7.57. The van der Waals surface area contributed by atoms with Crippen LogP contribution in [0.5, 0.6) is 0 Å². The predicted molar refractivity (Wildman–Crippen MR) is 146 cm³/mol. The lowest BCUT2D eigenvalue weighted by Crippen LogP contribution is -2.51. The van der Waals surface area contributed by atoms with Gasteiger partial charge in [0, 0.05) is 69.7 Å². The molecule has 11 nitrogen and oxygen atoms in total. The van der Waals surface area contributed by atoms with Crippen LogP contribution in [-0.2, 0) is 16.0 Å². The second kappa shape index (κ2) is 11.2. The number of hydrogen-bond donors (Lipinski definition) is 2. The van der Waals surface area contributed by atoms with Crippen molar-refractivity contribution in [3.05, 3.63) is 71.1 Å². The van der Waals surface area contributed by atoms with Gasteiger partial charge in [0.2, 0.25) is 5.95 Å². The molecule has 2 N–H and O–H groups in total. The normalized spacial score (nSPS) is 14.6. The molecule has 1 aliphatic heterocycles. The first kappa shape index (κ1) is 27.0. The summed E-state index contributed by atoms with van der Waals surface area (Å²) in [6.45, 7) is 4.83. The van der Waals surface area contributed by atoms with Gasteiger partial charge < -0.3 is 15.0 Å². The Morgan fingerprint density at radius 3 is 2.62 bits per heavy atom. The predicted octanol–water partition coefficient (Wildman–Crippen LogP) is 3.94. The van der Waals surface area contributed by atoms with Crippen molar-refractivity contribution in [1.29, 1.82) is 5.26 Å². The highest BCUT2D eigenvalue weighted by atomic mass is 19.1. The van der Waals surface area contributed by atoms with Gasteiger partial charge in [-0.3, -0.25) is 9.89 Å². The maximum absolute atomic E-state index is 13.4. The standard InChI is InChI=1S/C28H30FN9O2/c1-18-14-24(32-25-15-19(2)34-35-25)33-27(21(18)16-30)37-12-9-28(40-3,10-13-37)22(39)6-4-20-5-7-26(31-17-20)38-11-8-23(29)36-38/h5,7-8,11,14-15,17H,4,6,9-10,12-13H2,1-3H3,(H2,32,33,34,35). The zero-order valence-electron chi connectivity index (χ0n) is 22.6. The van der Waals surface area contributed by atoms with Gasteiger partial charge in [-0.15, -0.1) is 5.10 Å². The summed E-state index contributed by atoms with van der Waals surface area (Å²) in [5.74, 6) is 1.77. The third-order valence-corrected chi connectivity index (χ3v) is 7.28. The van der Waals surface area contributed by atoms with Crippen LogP contribution in [0.15, 0.2) is 42.7 Å². The number of anilines is 3. The number of aromatic nitrogens is 6. The highest BCUT2D eigenvalue weighted by Crippen LogP contribution is 2.33. The molecule has 5 heterocycles. The van der Waals surface area contributed by atoms with Crippen LogP contribution in [0.3, 0.4) is 0 Å². The molecule has 0 unspecified atom stereocenters. The Morgan fingerprint density at radius 1 is 1.23 bits per heavy atom. The van der Waals surface area contributed by atoms with E-state index in [0.717, 1.165) is 16.8 Å². The van der Waals surface area contributed by atoms with Gasteiger partial charge >= 0.3 is 0 Å². The third-order valence-electron chi connectivity index (χ3n) is 7.28. The molecule has 0 saturated carbocycles. The van der Waals surface area contributed by atoms with E-state index in [2.05, 4.69) is 31.7 Å². The van der Waals surface area contributed by atoms with Crippen LogP contribution in [0, 0.1) is 31.1 Å². The van der Waals surface area contributed by atoms with Crippen LogP contribution < -0.4 is 10.2 Å². The molecule has 206 valence electrons. The van der Waals surface area contributed by atoms with Crippen molar-refractivity contribution in [2.45, 2.75) is 45.1 Å². The number of methoxy groups -OCH3 is 1. The quantitative estimate of drug-likeness (QED) is 0.321. The van der Waals surface area contributed by atoms with E-state index < -0.39 is 11.5 Å². The Bertz CT molecular complexity index is 1550. The second-order valence-electron chi connectivity index (χ2n) is 9.91. The second-order valence-corrected chi connectivity index (χ2v) is 9.91. The molecule has 1 aliphatic rings. The van der Waals surface area contributed by atoms with Gasteiger partial charge in [-0.05, 0) is 43.5 Å². The lowest BCUT2D eigenvalue weighted by atomic mass is 9.84. The van der Waals surface area contributed by atoms with Gasteiger partial charge in [0.15, 0.2) is 17.4 Å². The Morgan fingerprint density at radius 2 is 2.02 bits per heavy atom. The molecule has 0 amide bonds. The van der Waals surface area contributed by atoms with Gasteiger partial charge in [0.1, 0.15) is 23.3 Å². The molecule has 0 aromatic carbocycles. The number of halogens is 1. The van der Waals surface area contributed by atoms with Crippen LogP contribution in [-0.4, -0.2) is 61.5 Å². The lowest BCUT2D eigenvalue weighted by Gasteiger charge is -2.40. The van der Waals surface area contributed by atoms with Crippen LogP contribution in [0.1, 0.15) is 41.6 Å². The van der Waals surface area contributed by atoms with E-state index >= 15 is 0 Å². The fourth-order valence-electron chi connectivity index (χ4n) is 4.99. The number of nitriles is 1. The van der Waals surface area contributed by atoms with Crippen LogP contribution >= 0.6 is 0 Å². The number of aromatic amines is 1. The SMILES string of the molecule is COC1(C(=O)CCc2ccc(-n3ccc(F)n3)nc2)CCN(c2nc(Nc3cc(C)[nH]n3)cc(C)c2C#N)CC1. The van der Waals surface area contributed by atoms with Gasteiger partial charge in [-0.25, -0.2) is 14.6 Å². The fourth-order valence-corrected chi connectivity index (χ4v) is 4.99. The number of piperidine rings is 1. The van der Waals surface area contributed by atoms with Crippen molar-refractivity contribution in [3.8, 4) is 11.9 Å². The maximum Gasteiger partial charge on any atom is 0.233 e. The summed E-state index contributed by atoms with van der Waals surface area (Å²) in [6, 6.07) is 10.9. The van der Waals surface area contributed by atoms with Gasteiger partial charge in [-0.2, -0.15) is 14.8 Å². The van der Waals surface area contributed by atoms with Crippen LogP contribution in [0.4, 0.5) is 21.8 Å². The third kappa shape index (κ3) is 5.55. The summed E-state index contributed by atoms with van der Waals surface area (Å²) in [7, 11) is 1.58. The molecular weight excluding hydrogens is 513 g/mol. The number of ether oxygens (including phenoxy) is 1. The molecule has 40 heavy (non-hydrogen) atoms. The Balaban J connectivity index is 1.24. The molecular formula is C28H30FN9O2. The minimum atomic E-state index is -0.902. The molecule has 0 bridgehead atoms. The van der Waals surface area contributed by atoms with Crippen molar-refractivity contribution in [3.63, 3.8) is 0 Å². The molecule has 4 aromatic rings. The van der Waals surface area contributed by atoms with Gasteiger partial charge in [0.05, 0.1) is 5.56 Å². The van der Waals surface area contributed by atoms with Crippen molar-refractivity contribution in [2.75, 3.05) is 30.4 Å². The summed E-state index contributed by atoms with van der Waals surface area (Å²) < 4.78 is 20.4. The molecule has 5 rings (SSSR count). The van der Waals surface area contributed by atoms with E-state index in [1.165, 1.54) is 16.9 Å². The smallest absolute Gasteiger partial charge is 0.233 e. The highest BCUT2D eigenvalue weighted by Gasteiger charge is 2.41. The number of hydrogen-bond acceptors (Lipinski definition) is 9. The first-order valence-electron chi connectivity index (χ1n) is 13.0. The largest absolute Gasteiger partial charge is 0.370 e. The summed E-state index contributed by atoms with van der Waals surface area (Å²) in [5.41, 5.74) is 2.22. The first-order valence-corrected chi connectivity index (χ1v) is 13.0. The monoisotopic (exact) mass is 543 g/mol. The van der Waals surface area contributed by atoms with E-state index in [0.29, 0.717) is 67.6 Å². The number of Topliss-reactive ketones (excluding diaryl/α,β-unsaturated/α-hetero) is 1. The summed E-state index contributed by atoms with van der Waals surface area (Å²) in [6.07, 6.45) is 4.94. The molecule has 4 aromatic heterocycles. The van der Waals surface area contributed by atoms with Gasteiger partial charge in [-0.1, -0.05) is 6.07 Å². The number of aryl methyl sites for hydroxylation is 3. The van der Waals surface area contributed by atoms with Crippen molar-refractivity contribution in [2.24, 2.45) is 0 Å². The molecule has 12 heteroatoms. The lowest BCUT2D eigenvalue weighted by molar-refractivity contribution is -0.143. The Hall–Kier alpha value is -4.63. The molecule has 0 atom stereocenters. The molecule has 0 spiro atoms. The minimum absolute atomic E-state index is 0.0295. The van der Waals surface area contributed by atoms with Crippen molar-refractivity contribution < 1.29 is 13.9 Å². The average Bonchev–Trinajstić information content (AvgIpc) is 3.59. The number of nitrogens with zero attached hydrogens (tertiary/aromatic N) is 7. The maximum atomic E-state index is 13.4. The zero-order valence-corrected chi connectivity index (χ0v) is 22.6. The van der Waals surface area contributed by atoms with E-state index in [1.807, 2.05) is 36.9 Å². The average molecular weight is 544 g/mol. The van der Waals surface area contributed by atoms with E-state index in [4.69, 9.17) is 9.72 Å². The fraction of sp³-hybridized carbons (Fsp3) is 0.357. The Labute approximate surface area is 231 Å². The van der Waals surface area contributed by atoms with E-state index in [-0.39, 0.29) is 5.78 Å². The first-order chi connectivity index (χ1) is 19.3. The highest BCUT2D eigenvalue weighted by molar-refractivity contribution is 5.88. The number of pyridine rings is 2. The molecule has 1 saturated heterocycles. The zero-order chi connectivity index (χ0) is 28.3. The number of H-pyrrole nitrogens is 1. The van der Waals surface area contributed by atoms with Crippen LogP contribution in [0.2, 0.25) is 0 Å². The number of rotatable bonds is 9. The van der Waals surface area contributed by atoms with E-state index in [1.54, 1.807) is 19.4 Å². The summed E-state index contributed by atoms with van der Waals surface area (Å²) in [5, 5.41) is 23.9.